The normalized spacial score (nSPS) is 23.6. The molecule has 2 N–H and O–H groups in total. The Morgan fingerprint density at radius 3 is 2.94 bits per heavy atom. The molecule has 1 aliphatic rings. The molecule has 16 heavy (non-hydrogen) atoms. The van der Waals surface area contributed by atoms with Crippen molar-refractivity contribution in [1.82, 2.24) is 4.90 Å². The standard InChI is InChI=1S/C11H20N2O2S/c1-3-9(10(12)16)11(14)13-5-4-6-15-8(2)7-13/h8-9H,3-7H2,1-2H3,(H2,12,16). The molecule has 0 bridgehead atoms. The van der Waals surface area contributed by atoms with Crippen LogP contribution >= 0.6 is 12.2 Å². The average Bonchev–Trinajstić information content (AvgIpc) is 2.43. The van der Waals surface area contributed by atoms with Crippen molar-refractivity contribution in [2.45, 2.75) is 32.8 Å². The largest absolute Gasteiger partial charge is 0.393 e. The van der Waals surface area contributed by atoms with Crippen molar-refractivity contribution in [2.24, 2.45) is 11.7 Å². The maximum Gasteiger partial charge on any atom is 0.232 e. The predicted octanol–water partition coefficient (Wildman–Crippen LogP) is 0.936. The number of nitrogens with two attached hydrogens (primary N) is 1. The molecule has 1 saturated heterocycles. The molecule has 1 aliphatic heterocycles. The molecule has 1 heterocycles. The Kier molecular flexibility index (Phi) is 5.15. The van der Waals surface area contributed by atoms with Crippen LogP contribution in [-0.4, -0.2) is 41.6 Å². The first kappa shape index (κ1) is 13.4. The van der Waals surface area contributed by atoms with Gasteiger partial charge in [0.2, 0.25) is 5.91 Å². The van der Waals surface area contributed by atoms with Gasteiger partial charge in [0.15, 0.2) is 0 Å². The van der Waals surface area contributed by atoms with Gasteiger partial charge in [-0.05, 0) is 19.8 Å². The molecule has 2 atom stereocenters. The van der Waals surface area contributed by atoms with E-state index in [1.807, 2.05) is 18.7 Å². The van der Waals surface area contributed by atoms with Crippen molar-refractivity contribution in [1.29, 1.82) is 0 Å². The second-order valence-corrected chi connectivity index (χ2v) is 4.65. The van der Waals surface area contributed by atoms with E-state index in [0.29, 0.717) is 18.0 Å². The van der Waals surface area contributed by atoms with E-state index in [2.05, 4.69) is 0 Å². The average molecular weight is 244 g/mol. The van der Waals surface area contributed by atoms with Gasteiger partial charge in [-0.1, -0.05) is 19.1 Å². The fourth-order valence-electron chi connectivity index (χ4n) is 1.91. The summed E-state index contributed by atoms with van der Waals surface area (Å²) in [5.74, 6) is -0.271. The number of hydrogen-bond donors (Lipinski definition) is 1. The topological polar surface area (TPSA) is 55.6 Å². The molecule has 2 unspecified atom stereocenters. The molecule has 92 valence electrons. The molecule has 1 amide bonds. The van der Waals surface area contributed by atoms with Crippen LogP contribution in [-0.2, 0) is 9.53 Å². The molecule has 0 aromatic heterocycles. The fourth-order valence-corrected chi connectivity index (χ4v) is 2.18. The highest BCUT2D eigenvalue weighted by Gasteiger charge is 2.27. The molecule has 0 aromatic rings. The smallest absolute Gasteiger partial charge is 0.232 e. The molecule has 0 radical (unpaired) electrons. The Bertz CT molecular complexity index is 271. The zero-order valence-corrected chi connectivity index (χ0v) is 10.8. The van der Waals surface area contributed by atoms with Crippen LogP contribution in [0.2, 0.25) is 0 Å². The van der Waals surface area contributed by atoms with Crippen molar-refractivity contribution in [3.63, 3.8) is 0 Å². The van der Waals surface area contributed by atoms with E-state index in [9.17, 15) is 4.79 Å². The third kappa shape index (κ3) is 3.42. The Labute approximate surface area is 102 Å². The van der Waals surface area contributed by atoms with Crippen molar-refractivity contribution >= 4 is 23.1 Å². The van der Waals surface area contributed by atoms with E-state index in [1.165, 1.54) is 0 Å². The van der Waals surface area contributed by atoms with E-state index in [-0.39, 0.29) is 17.9 Å². The molecular formula is C11H20N2O2S. The third-order valence-electron chi connectivity index (χ3n) is 2.81. The summed E-state index contributed by atoms with van der Waals surface area (Å²) in [5, 5.41) is 0. The fraction of sp³-hybridized carbons (Fsp3) is 0.818. The summed E-state index contributed by atoms with van der Waals surface area (Å²) in [6.07, 6.45) is 1.64. The maximum atomic E-state index is 12.2. The van der Waals surface area contributed by atoms with Crippen LogP contribution in [0.15, 0.2) is 0 Å². The van der Waals surface area contributed by atoms with Gasteiger partial charge in [-0.3, -0.25) is 4.79 Å². The highest BCUT2D eigenvalue weighted by atomic mass is 32.1. The van der Waals surface area contributed by atoms with E-state index in [0.717, 1.165) is 19.6 Å². The molecule has 0 aliphatic carbocycles. The van der Waals surface area contributed by atoms with E-state index in [4.69, 9.17) is 22.7 Å². The monoisotopic (exact) mass is 244 g/mol. The minimum atomic E-state index is -0.319. The van der Waals surface area contributed by atoms with Crippen LogP contribution in [0.25, 0.3) is 0 Å². The number of hydrogen-bond acceptors (Lipinski definition) is 3. The van der Waals surface area contributed by atoms with Crippen LogP contribution in [0, 0.1) is 5.92 Å². The Balaban J connectivity index is 2.66. The Morgan fingerprint density at radius 2 is 2.38 bits per heavy atom. The lowest BCUT2D eigenvalue weighted by Crippen LogP contribution is -2.43. The van der Waals surface area contributed by atoms with Gasteiger partial charge in [0.1, 0.15) is 0 Å². The summed E-state index contributed by atoms with van der Waals surface area (Å²) in [6, 6.07) is 0. The number of carbonyl (C=O) groups is 1. The van der Waals surface area contributed by atoms with Gasteiger partial charge in [-0.25, -0.2) is 0 Å². The number of carbonyl (C=O) groups excluding carboxylic acids is 1. The van der Waals surface area contributed by atoms with Gasteiger partial charge >= 0.3 is 0 Å². The molecule has 5 heteroatoms. The summed E-state index contributed by atoms with van der Waals surface area (Å²) < 4.78 is 5.50. The minimum Gasteiger partial charge on any atom is -0.393 e. The number of rotatable bonds is 3. The Morgan fingerprint density at radius 1 is 1.69 bits per heavy atom. The first-order chi connectivity index (χ1) is 7.56. The highest BCUT2D eigenvalue weighted by Crippen LogP contribution is 2.12. The van der Waals surface area contributed by atoms with Gasteiger partial charge < -0.3 is 15.4 Å². The first-order valence-electron chi connectivity index (χ1n) is 5.76. The lowest BCUT2D eigenvalue weighted by molar-refractivity contribution is -0.134. The number of nitrogens with zero attached hydrogens (tertiary/aromatic N) is 1. The summed E-state index contributed by atoms with van der Waals surface area (Å²) in [4.78, 5) is 14.3. The molecular weight excluding hydrogens is 224 g/mol. The quantitative estimate of drug-likeness (QED) is 0.751. The lowest BCUT2D eigenvalue weighted by atomic mass is 10.0. The van der Waals surface area contributed by atoms with E-state index < -0.39 is 0 Å². The summed E-state index contributed by atoms with van der Waals surface area (Å²) >= 11 is 4.92. The van der Waals surface area contributed by atoms with E-state index >= 15 is 0 Å². The SMILES string of the molecule is CCC(C(=O)N1CCCOC(C)C1)C(N)=S. The zero-order chi connectivity index (χ0) is 12.1. The third-order valence-corrected chi connectivity index (χ3v) is 3.10. The molecule has 0 saturated carbocycles. The van der Waals surface area contributed by atoms with E-state index in [1.54, 1.807) is 0 Å². The molecule has 1 fully saturated rings. The summed E-state index contributed by atoms with van der Waals surface area (Å²) in [7, 11) is 0. The van der Waals surface area contributed by atoms with Crippen molar-refractivity contribution < 1.29 is 9.53 Å². The predicted molar refractivity (Wildman–Crippen MR) is 67.2 cm³/mol. The van der Waals surface area contributed by atoms with Gasteiger partial charge in [0.05, 0.1) is 17.0 Å². The maximum absolute atomic E-state index is 12.2. The van der Waals surface area contributed by atoms with Crippen molar-refractivity contribution in [3.8, 4) is 0 Å². The number of amides is 1. The lowest BCUT2D eigenvalue weighted by Gasteiger charge is -2.26. The van der Waals surface area contributed by atoms with Gasteiger partial charge in [0.25, 0.3) is 0 Å². The number of ether oxygens (including phenoxy) is 1. The van der Waals surface area contributed by atoms with Gasteiger partial charge in [0, 0.05) is 19.7 Å². The van der Waals surface area contributed by atoms with Crippen molar-refractivity contribution in [2.75, 3.05) is 19.7 Å². The second kappa shape index (κ2) is 6.15. The summed E-state index contributed by atoms with van der Waals surface area (Å²) in [5.41, 5.74) is 5.58. The van der Waals surface area contributed by atoms with Gasteiger partial charge in [-0.2, -0.15) is 0 Å². The van der Waals surface area contributed by atoms with Crippen LogP contribution in [0.5, 0.6) is 0 Å². The molecule has 1 rings (SSSR count). The van der Waals surface area contributed by atoms with Crippen LogP contribution in [0.1, 0.15) is 26.7 Å². The molecule has 0 aromatic carbocycles. The number of thiocarbonyl (C=S) groups is 1. The molecule has 0 spiro atoms. The molecule has 4 nitrogen and oxygen atoms in total. The zero-order valence-electron chi connectivity index (χ0n) is 9.94. The Hall–Kier alpha value is -0.680. The summed E-state index contributed by atoms with van der Waals surface area (Å²) in [6.45, 7) is 6.00. The van der Waals surface area contributed by atoms with Crippen LogP contribution in [0.3, 0.4) is 0 Å². The van der Waals surface area contributed by atoms with Gasteiger partial charge in [-0.15, -0.1) is 0 Å². The van der Waals surface area contributed by atoms with Crippen LogP contribution < -0.4 is 5.73 Å². The van der Waals surface area contributed by atoms with Crippen molar-refractivity contribution in [3.05, 3.63) is 0 Å². The van der Waals surface area contributed by atoms with Crippen LogP contribution in [0.4, 0.5) is 0 Å². The second-order valence-electron chi connectivity index (χ2n) is 4.18. The minimum absolute atomic E-state index is 0.0485. The first-order valence-corrected chi connectivity index (χ1v) is 6.16. The highest BCUT2D eigenvalue weighted by molar-refractivity contribution is 7.80.